The largest absolute Gasteiger partial charge is 0.507 e. The van der Waals surface area contributed by atoms with Crippen LogP contribution in [0.1, 0.15) is 55.8 Å². The number of ketones is 1. The minimum atomic E-state index is -0.743. The number of hydrogen-bond donors (Lipinski definition) is 1. The van der Waals surface area contributed by atoms with E-state index in [0.29, 0.717) is 23.5 Å². The first-order valence-electron chi connectivity index (χ1n) is 12.2. The number of fused-ring (bicyclic) bond motifs is 1. The Kier molecular flexibility index (Phi) is 7.76. The molecule has 2 aliphatic heterocycles. The van der Waals surface area contributed by atoms with Crippen molar-refractivity contribution < 1.29 is 28.9 Å². The molecule has 1 fully saturated rings. The fourth-order valence-corrected chi connectivity index (χ4v) is 4.69. The molecule has 1 N–H and O–H groups in total. The maximum absolute atomic E-state index is 13.2. The Morgan fingerprint density at radius 1 is 1.14 bits per heavy atom. The molecule has 35 heavy (non-hydrogen) atoms. The van der Waals surface area contributed by atoms with Crippen LogP contribution in [0.4, 0.5) is 0 Å². The summed E-state index contributed by atoms with van der Waals surface area (Å²) in [7, 11) is 1.55. The Balaban J connectivity index is 1.73. The normalized spacial score (nSPS) is 20.7. The summed E-state index contributed by atoms with van der Waals surface area (Å²) in [6, 6.07) is 12.0. The van der Waals surface area contributed by atoms with Crippen molar-refractivity contribution >= 4 is 17.4 Å². The van der Waals surface area contributed by atoms with Gasteiger partial charge in [-0.2, -0.15) is 0 Å². The summed E-state index contributed by atoms with van der Waals surface area (Å²) >= 11 is 0. The van der Waals surface area contributed by atoms with Crippen LogP contribution in [0.25, 0.3) is 5.76 Å². The molecular formula is C28H33NO6. The summed E-state index contributed by atoms with van der Waals surface area (Å²) in [6.45, 7) is 5.21. The number of amides is 1. The molecule has 2 aromatic carbocycles. The molecule has 4 rings (SSSR count). The molecular weight excluding hydrogens is 446 g/mol. The van der Waals surface area contributed by atoms with Crippen molar-refractivity contribution in [2.24, 2.45) is 0 Å². The molecule has 0 aliphatic carbocycles. The van der Waals surface area contributed by atoms with Crippen LogP contribution >= 0.6 is 0 Å². The van der Waals surface area contributed by atoms with Crippen LogP contribution in [0.5, 0.6) is 11.5 Å². The van der Waals surface area contributed by atoms with Gasteiger partial charge < -0.3 is 24.2 Å². The van der Waals surface area contributed by atoms with Gasteiger partial charge in [0.05, 0.1) is 24.8 Å². The summed E-state index contributed by atoms with van der Waals surface area (Å²) in [5.74, 6) is -0.104. The summed E-state index contributed by atoms with van der Waals surface area (Å²) in [6.07, 6.45) is 3.92. The van der Waals surface area contributed by atoms with E-state index in [1.165, 1.54) is 4.90 Å². The van der Waals surface area contributed by atoms with Crippen LogP contribution in [0.3, 0.4) is 0 Å². The summed E-state index contributed by atoms with van der Waals surface area (Å²) < 4.78 is 16.9. The van der Waals surface area contributed by atoms with Gasteiger partial charge in [-0.25, -0.2) is 0 Å². The summed E-state index contributed by atoms with van der Waals surface area (Å²) in [5.41, 5.74) is 2.23. The highest BCUT2D eigenvalue weighted by Crippen LogP contribution is 2.41. The third-order valence-electron chi connectivity index (χ3n) is 6.44. The van der Waals surface area contributed by atoms with E-state index in [1.807, 2.05) is 37.3 Å². The highest BCUT2D eigenvalue weighted by Gasteiger charge is 2.46. The predicted molar refractivity (Wildman–Crippen MR) is 133 cm³/mol. The van der Waals surface area contributed by atoms with Crippen LogP contribution in [-0.4, -0.2) is 54.7 Å². The van der Waals surface area contributed by atoms with Crippen LogP contribution in [0.15, 0.2) is 48.0 Å². The number of carbonyl (C=O) groups is 2. The first-order chi connectivity index (χ1) is 16.9. The highest BCUT2D eigenvalue weighted by atomic mass is 16.5. The Morgan fingerprint density at radius 2 is 1.97 bits per heavy atom. The average Bonchev–Trinajstić information content (AvgIpc) is 3.35. The second-order valence-corrected chi connectivity index (χ2v) is 9.07. The number of methoxy groups -OCH3 is 1. The van der Waals surface area contributed by atoms with Gasteiger partial charge in [-0.1, -0.05) is 31.9 Å². The van der Waals surface area contributed by atoms with Crippen molar-refractivity contribution in [1.82, 2.24) is 4.90 Å². The van der Waals surface area contributed by atoms with Crippen LogP contribution in [-0.2, 0) is 20.7 Å². The molecule has 7 nitrogen and oxygen atoms in total. The molecule has 2 atom stereocenters. The van der Waals surface area contributed by atoms with Gasteiger partial charge >= 0.3 is 0 Å². The number of likely N-dealkylation sites (tertiary alicyclic amines) is 1. The van der Waals surface area contributed by atoms with E-state index in [4.69, 9.17) is 14.2 Å². The number of rotatable bonds is 10. The van der Waals surface area contributed by atoms with E-state index in [1.54, 1.807) is 19.2 Å². The number of ether oxygens (including phenoxy) is 3. The minimum absolute atomic E-state index is 0.0575. The lowest BCUT2D eigenvalue weighted by atomic mass is 9.94. The van der Waals surface area contributed by atoms with Crippen molar-refractivity contribution in [2.75, 3.05) is 26.9 Å². The molecule has 0 saturated carbocycles. The second kappa shape index (κ2) is 11.0. The fraction of sp³-hybridized carbons (Fsp3) is 0.429. The van der Waals surface area contributed by atoms with E-state index < -0.39 is 17.7 Å². The molecule has 0 spiro atoms. The third-order valence-corrected chi connectivity index (χ3v) is 6.44. The van der Waals surface area contributed by atoms with Gasteiger partial charge in [-0.05, 0) is 54.8 Å². The van der Waals surface area contributed by atoms with E-state index in [-0.39, 0.29) is 30.6 Å². The van der Waals surface area contributed by atoms with Gasteiger partial charge in [0.15, 0.2) is 0 Å². The molecule has 2 aromatic rings. The Morgan fingerprint density at radius 3 is 2.74 bits per heavy atom. The number of hydrogen-bond acceptors (Lipinski definition) is 6. The van der Waals surface area contributed by atoms with Gasteiger partial charge in [-0.3, -0.25) is 9.59 Å². The van der Waals surface area contributed by atoms with Crippen molar-refractivity contribution in [3.63, 3.8) is 0 Å². The SMILES string of the molecule is CCCCCOc1cccc(C2C(=C(O)c3ccc4c(c3)CC(C)O4)C(=O)C(=O)N2CCOC)c1. The first-order valence-corrected chi connectivity index (χ1v) is 12.2. The second-order valence-electron chi connectivity index (χ2n) is 9.07. The molecule has 186 valence electrons. The van der Waals surface area contributed by atoms with Crippen molar-refractivity contribution in [3.8, 4) is 11.5 Å². The molecule has 2 heterocycles. The number of nitrogens with zero attached hydrogens (tertiary/aromatic N) is 1. The lowest BCUT2D eigenvalue weighted by Crippen LogP contribution is -2.32. The fourth-order valence-electron chi connectivity index (χ4n) is 4.69. The standard InChI is InChI=1S/C28H33NO6/c1-4-5-6-13-34-22-9-7-8-19(17-22)25-24(27(31)28(32)29(25)12-14-33-3)26(30)20-10-11-23-21(16-20)15-18(2)35-23/h7-11,16-18,25,30H,4-6,12-15H2,1-3H3. The number of unbranched alkanes of at least 4 members (excludes halogenated alkanes) is 2. The number of aliphatic hydroxyl groups excluding tert-OH is 1. The zero-order valence-electron chi connectivity index (χ0n) is 20.6. The monoisotopic (exact) mass is 479 g/mol. The predicted octanol–water partition coefficient (Wildman–Crippen LogP) is 4.65. The molecule has 2 unspecified atom stereocenters. The van der Waals surface area contributed by atoms with Crippen molar-refractivity contribution in [2.45, 2.75) is 51.7 Å². The van der Waals surface area contributed by atoms with E-state index in [2.05, 4.69) is 6.92 Å². The molecule has 7 heteroatoms. The Labute approximate surface area is 206 Å². The quantitative estimate of drug-likeness (QED) is 0.231. The number of Topliss-reactive ketones (excluding diaryl/α,β-unsaturated/α-hetero) is 1. The maximum atomic E-state index is 13.2. The van der Waals surface area contributed by atoms with Crippen molar-refractivity contribution in [1.29, 1.82) is 0 Å². The van der Waals surface area contributed by atoms with Crippen LogP contribution in [0.2, 0.25) is 0 Å². The van der Waals surface area contributed by atoms with E-state index in [0.717, 1.165) is 37.0 Å². The molecule has 2 aliphatic rings. The van der Waals surface area contributed by atoms with Crippen molar-refractivity contribution in [3.05, 3.63) is 64.7 Å². The average molecular weight is 480 g/mol. The third kappa shape index (κ3) is 5.20. The molecule has 1 saturated heterocycles. The zero-order chi connectivity index (χ0) is 24.9. The van der Waals surface area contributed by atoms with Gasteiger partial charge in [0.25, 0.3) is 11.7 Å². The molecule has 0 radical (unpaired) electrons. The highest BCUT2D eigenvalue weighted by molar-refractivity contribution is 6.46. The summed E-state index contributed by atoms with van der Waals surface area (Å²) in [5, 5.41) is 11.3. The first kappa shape index (κ1) is 24.8. The Bertz CT molecular complexity index is 1120. The zero-order valence-corrected chi connectivity index (χ0v) is 20.6. The topological polar surface area (TPSA) is 85.3 Å². The smallest absolute Gasteiger partial charge is 0.295 e. The molecule has 1 amide bonds. The van der Waals surface area contributed by atoms with E-state index in [9.17, 15) is 14.7 Å². The lowest BCUT2D eigenvalue weighted by Gasteiger charge is -2.25. The van der Waals surface area contributed by atoms with Gasteiger partial charge in [0.2, 0.25) is 0 Å². The maximum Gasteiger partial charge on any atom is 0.295 e. The van der Waals surface area contributed by atoms with Gasteiger partial charge in [-0.15, -0.1) is 0 Å². The minimum Gasteiger partial charge on any atom is -0.507 e. The number of benzene rings is 2. The van der Waals surface area contributed by atoms with Crippen LogP contribution in [0, 0.1) is 0 Å². The number of carbonyl (C=O) groups excluding carboxylic acids is 2. The lowest BCUT2D eigenvalue weighted by molar-refractivity contribution is -0.140. The van der Waals surface area contributed by atoms with E-state index >= 15 is 0 Å². The number of aliphatic hydroxyl groups is 1. The summed E-state index contributed by atoms with van der Waals surface area (Å²) in [4.78, 5) is 27.7. The Hall–Kier alpha value is -3.32. The molecule has 0 bridgehead atoms. The van der Waals surface area contributed by atoms with Gasteiger partial charge in [0, 0.05) is 25.6 Å². The molecule has 0 aromatic heterocycles. The van der Waals surface area contributed by atoms with Gasteiger partial charge in [0.1, 0.15) is 23.4 Å². The van der Waals surface area contributed by atoms with Crippen LogP contribution < -0.4 is 9.47 Å².